The molecule has 1 heterocycles. The van der Waals surface area contributed by atoms with E-state index in [0.29, 0.717) is 12.4 Å². The Morgan fingerprint density at radius 3 is 2.45 bits per heavy atom. The number of para-hydroxylation sites is 1. The number of hydrogen-bond donors (Lipinski definition) is 0. The minimum absolute atomic E-state index is 0.0494. The number of benzene rings is 2. The van der Waals surface area contributed by atoms with Gasteiger partial charge < -0.3 is 4.74 Å². The molecule has 1 aromatic heterocycles. The Balaban J connectivity index is 1.80. The lowest BCUT2D eigenvalue weighted by molar-refractivity contribution is 0.307. The van der Waals surface area contributed by atoms with Gasteiger partial charge in [-0.15, -0.1) is 0 Å². The van der Waals surface area contributed by atoms with Crippen LogP contribution in [0.1, 0.15) is 5.56 Å². The van der Waals surface area contributed by atoms with Crippen molar-refractivity contribution in [1.29, 1.82) is 0 Å². The van der Waals surface area contributed by atoms with E-state index >= 15 is 0 Å². The minimum atomic E-state index is -3.71. The van der Waals surface area contributed by atoms with Crippen molar-refractivity contribution in [3.8, 4) is 5.75 Å². The van der Waals surface area contributed by atoms with E-state index < -0.39 is 9.05 Å². The summed E-state index contributed by atoms with van der Waals surface area (Å²) in [5, 5.41) is 1.05. The van der Waals surface area contributed by atoms with Crippen molar-refractivity contribution in [2.75, 3.05) is 0 Å². The molecule has 112 valence electrons. The SMILES string of the molecule is O=S(=O)(Cl)c1ccc(OCc2cccc3cccnc23)cc1. The maximum atomic E-state index is 11.2. The minimum Gasteiger partial charge on any atom is -0.489 e. The smallest absolute Gasteiger partial charge is 0.261 e. The highest BCUT2D eigenvalue weighted by Crippen LogP contribution is 2.21. The maximum absolute atomic E-state index is 11.2. The van der Waals surface area contributed by atoms with Crippen LogP contribution in [0.4, 0.5) is 0 Å². The highest BCUT2D eigenvalue weighted by Gasteiger charge is 2.09. The van der Waals surface area contributed by atoms with Crippen LogP contribution in [0.3, 0.4) is 0 Å². The van der Waals surface area contributed by atoms with E-state index in [2.05, 4.69) is 4.98 Å². The molecule has 0 saturated heterocycles. The normalized spacial score (nSPS) is 11.5. The molecule has 4 nitrogen and oxygen atoms in total. The fourth-order valence-corrected chi connectivity index (χ4v) is 2.91. The van der Waals surface area contributed by atoms with Gasteiger partial charge in [-0.3, -0.25) is 4.98 Å². The molecule has 3 aromatic rings. The topological polar surface area (TPSA) is 56.3 Å². The molecule has 0 aliphatic rings. The molecule has 0 radical (unpaired) electrons. The third kappa shape index (κ3) is 3.21. The predicted molar refractivity (Wildman–Crippen MR) is 85.6 cm³/mol. The molecule has 3 rings (SSSR count). The quantitative estimate of drug-likeness (QED) is 0.682. The molecule has 0 bridgehead atoms. The zero-order chi connectivity index (χ0) is 15.6. The van der Waals surface area contributed by atoms with Crippen molar-refractivity contribution in [3.63, 3.8) is 0 Å². The summed E-state index contributed by atoms with van der Waals surface area (Å²) in [6.45, 7) is 0.349. The number of ether oxygens (including phenoxy) is 1. The molecule has 0 saturated carbocycles. The second-order valence-electron chi connectivity index (χ2n) is 4.69. The van der Waals surface area contributed by atoms with Gasteiger partial charge in [0, 0.05) is 27.8 Å². The highest BCUT2D eigenvalue weighted by molar-refractivity contribution is 8.13. The molecule has 0 fully saturated rings. The fraction of sp³-hybridized carbons (Fsp3) is 0.0625. The number of fused-ring (bicyclic) bond motifs is 1. The van der Waals surface area contributed by atoms with Gasteiger partial charge in [-0.2, -0.15) is 0 Å². The Hall–Kier alpha value is -2.11. The van der Waals surface area contributed by atoms with Crippen LogP contribution >= 0.6 is 10.7 Å². The van der Waals surface area contributed by atoms with E-state index in [1.807, 2.05) is 30.3 Å². The van der Waals surface area contributed by atoms with Crippen molar-refractivity contribution in [1.82, 2.24) is 4.98 Å². The predicted octanol–water partition coefficient (Wildman–Crippen LogP) is 3.74. The second-order valence-corrected chi connectivity index (χ2v) is 7.26. The van der Waals surface area contributed by atoms with Gasteiger partial charge in [0.25, 0.3) is 9.05 Å². The molecule has 0 aliphatic carbocycles. The molecule has 0 unspecified atom stereocenters. The maximum Gasteiger partial charge on any atom is 0.261 e. The van der Waals surface area contributed by atoms with E-state index in [1.165, 1.54) is 12.1 Å². The number of rotatable bonds is 4. The van der Waals surface area contributed by atoms with Crippen LogP contribution in [-0.2, 0) is 15.7 Å². The highest BCUT2D eigenvalue weighted by atomic mass is 35.7. The van der Waals surface area contributed by atoms with Crippen LogP contribution in [-0.4, -0.2) is 13.4 Å². The van der Waals surface area contributed by atoms with Gasteiger partial charge in [0.15, 0.2) is 0 Å². The lowest BCUT2D eigenvalue weighted by Gasteiger charge is -2.08. The van der Waals surface area contributed by atoms with Gasteiger partial charge in [-0.1, -0.05) is 24.3 Å². The van der Waals surface area contributed by atoms with E-state index in [0.717, 1.165) is 16.5 Å². The summed E-state index contributed by atoms with van der Waals surface area (Å²) in [5.41, 5.74) is 1.86. The summed E-state index contributed by atoms with van der Waals surface area (Å²) in [4.78, 5) is 4.41. The monoisotopic (exact) mass is 333 g/mol. The molecular formula is C16H12ClNO3S. The largest absolute Gasteiger partial charge is 0.489 e. The number of aromatic nitrogens is 1. The molecule has 2 aromatic carbocycles. The number of pyridine rings is 1. The average Bonchev–Trinajstić information content (AvgIpc) is 2.52. The molecule has 0 spiro atoms. The number of nitrogens with zero attached hydrogens (tertiary/aromatic N) is 1. The molecular weight excluding hydrogens is 322 g/mol. The Kier molecular flexibility index (Phi) is 4.00. The third-order valence-corrected chi connectivity index (χ3v) is 4.59. The number of hydrogen-bond acceptors (Lipinski definition) is 4. The van der Waals surface area contributed by atoms with Gasteiger partial charge in [0.05, 0.1) is 10.4 Å². The first-order valence-electron chi connectivity index (χ1n) is 6.54. The molecule has 22 heavy (non-hydrogen) atoms. The summed E-state index contributed by atoms with van der Waals surface area (Å²) in [7, 11) is 1.56. The molecule has 0 N–H and O–H groups in total. The van der Waals surface area contributed by atoms with E-state index in [9.17, 15) is 8.42 Å². The number of halogens is 1. The van der Waals surface area contributed by atoms with E-state index in [-0.39, 0.29) is 4.90 Å². The van der Waals surface area contributed by atoms with E-state index in [4.69, 9.17) is 15.4 Å². The van der Waals surface area contributed by atoms with Crippen LogP contribution in [0.15, 0.2) is 65.7 Å². The van der Waals surface area contributed by atoms with Crippen molar-refractivity contribution >= 4 is 30.6 Å². The first-order chi connectivity index (χ1) is 10.5. The summed E-state index contributed by atoms with van der Waals surface area (Å²) < 4.78 is 28.1. The van der Waals surface area contributed by atoms with Crippen LogP contribution in [0.5, 0.6) is 5.75 Å². The van der Waals surface area contributed by atoms with Gasteiger partial charge in [0.1, 0.15) is 12.4 Å². The standard InChI is InChI=1S/C16H12ClNO3S/c17-22(19,20)15-8-6-14(7-9-15)21-11-13-4-1-3-12-5-2-10-18-16(12)13/h1-10H,11H2. The second kappa shape index (κ2) is 5.94. The molecule has 0 atom stereocenters. The Bertz CT molecular complexity index is 903. The van der Waals surface area contributed by atoms with Gasteiger partial charge in [-0.25, -0.2) is 8.42 Å². The Labute approximate surface area is 132 Å². The fourth-order valence-electron chi connectivity index (χ4n) is 2.14. The Morgan fingerprint density at radius 2 is 1.73 bits per heavy atom. The average molecular weight is 334 g/mol. The third-order valence-electron chi connectivity index (χ3n) is 3.22. The zero-order valence-electron chi connectivity index (χ0n) is 11.4. The summed E-state index contributed by atoms with van der Waals surface area (Å²) >= 11 is 0. The summed E-state index contributed by atoms with van der Waals surface area (Å²) in [5.74, 6) is 0.567. The molecule has 6 heteroatoms. The van der Waals surface area contributed by atoms with Crippen molar-refractivity contribution < 1.29 is 13.2 Å². The first-order valence-corrected chi connectivity index (χ1v) is 8.85. The van der Waals surface area contributed by atoms with Crippen molar-refractivity contribution in [2.24, 2.45) is 0 Å². The van der Waals surface area contributed by atoms with Crippen LogP contribution in [0, 0.1) is 0 Å². The summed E-state index contributed by atoms with van der Waals surface area (Å²) in [6.07, 6.45) is 1.74. The van der Waals surface area contributed by atoms with Crippen molar-refractivity contribution in [2.45, 2.75) is 11.5 Å². The molecule has 0 aliphatic heterocycles. The van der Waals surface area contributed by atoms with Gasteiger partial charge in [-0.05, 0) is 30.3 Å². The Morgan fingerprint density at radius 1 is 1.00 bits per heavy atom. The lowest BCUT2D eigenvalue weighted by Crippen LogP contribution is -1.98. The van der Waals surface area contributed by atoms with Crippen LogP contribution in [0.2, 0.25) is 0 Å². The lowest BCUT2D eigenvalue weighted by atomic mass is 10.1. The zero-order valence-corrected chi connectivity index (χ0v) is 13.0. The summed E-state index contributed by atoms with van der Waals surface area (Å²) in [6, 6.07) is 15.8. The van der Waals surface area contributed by atoms with Gasteiger partial charge in [0.2, 0.25) is 0 Å². The van der Waals surface area contributed by atoms with Crippen LogP contribution in [0.25, 0.3) is 10.9 Å². The van der Waals surface area contributed by atoms with Gasteiger partial charge >= 0.3 is 0 Å². The van der Waals surface area contributed by atoms with Crippen molar-refractivity contribution in [3.05, 3.63) is 66.4 Å². The first kappa shape index (κ1) is 14.8. The van der Waals surface area contributed by atoms with Crippen LogP contribution < -0.4 is 4.74 Å². The molecule has 0 amide bonds. The van der Waals surface area contributed by atoms with E-state index in [1.54, 1.807) is 18.3 Å².